The van der Waals surface area contributed by atoms with Gasteiger partial charge in [-0.15, -0.1) is 29.8 Å². The fraction of sp³-hybridized carbons (Fsp3) is 0.100. The third kappa shape index (κ3) is 4.10. The topological polar surface area (TPSA) is 54.8 Å². The Hall–Kier alpha value is -3.82. The van der Waals surface area contributed by atoms with E-state index in [-0.39, 0.29) is 26.8 Å². The maximum absolute atomic E-state index is 10.5. The number of phenolic OH excluding ortho intramolecular Hbond substituents is 1. The minimum Gasteiger partial charge on any atom is -0.511 e. The molecule has 0 aliphatic heterocycles. The summed E-state index contributed by atoms with van der Waals surface area (Å²) in [5.41, 5.74) is 7.29. The van der Waals surface area contributed by atoms with Crippen molar-refractivity contribution in [2.75, 3.05) is 0 Å². The van der Waals surface area contributed by atoms with Crippen LogP contribution in [-0.2, 0) is 21.1 Å². The molecule has 5 nitrogen and oxygen atoms in total. The van der Waals surface area contributed by atoms with Crippen molar-refractivity contribution in [3.05, 3.63) is 109 Å². The predicted octanol–water partition coefficient (Wildman–Crippen LogP) is 5.94. The van der Waals surface area contributed by atoms with Gasteiger partial charge >= 0.3 is 21.1 Å². The number of aromatic nitrogens is 4. The van der Waals surface area contributed by atoms with Gasteiger partial charge in [-0.05, 0) is 46.4 Å². The molecule has 0 saturated heterocycles. The Bertz CT molecular complexity index is 1710. The molecule has 0 bridgehead atoms. The smallest absolute Gasteiger partial charge is 0.511 e. The second kappa shape index (κ2) is 9.67. The molecule has 178 valence electrons. The van der Waals surface area contributed by atoms with Crippen LogP contribution in [0.1, 0.15) is 25.3 Å². The molecule has 0 saturated carbocycles. The van der Waals surface area contributed by atoms with Crippen molar-refractivity contribution >= 4 is 21.9 Å². The van der Waals surface area contributed by atoms with Gasteiger partial charge in [-0.2, -0.15) is 0 Å². The monoisotopic (exact) mass is 650 g/mol. The van der Waals surface area contributed by atoms with E-state index in [9.17, 15) is 5.11 Å². The van der Waals surface area contributed by atoms with E-state index in [4.69, 9.17) is 0 Å². The summed E-state index contributed by atoms with van der Waals surface area (Å²) < 4.78 is 3.84. The Morgan fingerprint density at radius 2 is 1.69 bits per heavy atom. The molecule has 6 rings (SSSR count). The normalized spacial score (nSPS) is 11.2. The number of aromatic hydroxyl groups is 1. The number of hydrogen-bond donors (Lipinski definition) is 1. The van der Waals surface area contributed by atoms with Crippen LogP contribution in [0.5, 0.6) is 5.75 Å². The Balaban J connectivity index is 0.00000267. The first-order valence-electron chi connectivity index (χ1n) is 11.6. The quantitative estimate of drug-likeness (QED) is 0.190. The Morgan fingerprint density at radius 1 is 0.889 bits per heavy atom. The molecule has 2 heterocycles. The molecule has 4 aromatic carbocycles. The molecule has 2 aromatic heterocycles. The number of imidazole rings is 1. The van der Waals surface area contributed by atoms with Crippen molar-refractivity contribution in [2.45, 2.75) is 19.8 Å². The van der Waals surface area contributed by atoms with E-state index >= 15 is 0 Å². The molecule has 0 radical (unpaired) electrons. The van der Waals surface area contributed by atoms with Gasteiger partial charge in [-0.25, -0.2) is 4.98 Å². The average molecular weight is 651 g/mol. The third-order valence-corrected chi connectivity index (χ3v) is 6.29. The van der Waals surface area contributed by atoms with Crippen LogP contribution < -0.4 is 4.57 Å². The molecule has 6 heteroatoms. The van der Waals surface area contributed by atoms with Gasteiger partial charge in [0.1, 0.15) is 17.8 Å². The standard InChI is InChI=1S/C30H23N4O.Pt/c1-20(2)21-14-15-24-25(17-21)31-18-32-30(24)22-8-7-9-23(16-22)33-19-34(27-11-4-3-10-26(27)33)28-12-5-6-13-29(28)35;/h3-15,17-18,20,35H,1-2H3;/q-1;+2. The summed E-state index contributed by atoms with van der Waals surface area (Å²) in [6.45, 7) is 4.36. The van der Waals surface area contributed by atoms with Gasteiger partial charge < -0.3 is 9.67 Å². The first kappa shape index (κ1) is 23.9. The van der Waals surface area contributed by atoms with E-state index in [1.165, 1.54) is 5.56 Å². The number of rotatable bonds is 4. The van der Waals surface area contributed by atoms with Crippen molar-refractivity contribution in [1.82, 2.24) is 14.5 Å². The maximum atomic E-state index is 10.5. The summed E-state index contributed by atoms with van der Waals surface area (Å²) in [7, 11) is 0. The SMILES string of the molecule is CC(C)c1ccc2c(-c3[c-]c(-[n+]4[c-]n(-c5ccccc5O)c5ccccc54)ccc3)ncnc2c1.[Pt+2]. The molecule has 0 aliphatic rings. The van der Waals surface area contributed by atoms with Crippen LogP contribution in [0.15, 0.2) is 91.3 Å². The van der Waals surface area contributed by atoms with Gasteiger partial charge in [0, 0.05) is 0 Å². The Morgan fingerprint density at radius 3 is 2.53 bits per heavy atom. The third-order valence-electron chi connectivity index (χ3n) is 6.29. The number of benzene rings is 4. The van der Waals surface area contributed by atoms with Gasteiger partial charge in [0.25, 0.3) is 6.33 Å². The van der Waals surface area contributed by atoms with Crippen LogP contribution >= 0.6 is 0 Å². The summed E-state index contributed by atoms with van der Waals surface area (Å²) in [6.07, 6.45) is 5.02. The maximum Gasteiger partial charge on any atom is 2.00 e. The van der Waals surface area contributed by atoms with E-state index in [1.807, 2.05) is 69.8 Å². The van der Waals surface area contributed by atoms with Crippen LogP contribution in [0.2, 0.25) is 0 Å². The zero-order valence-corrected chi connectivity index (χ0v) is 22.1. The van der Waals surface area contributed by atoms with Gasteiger partial charge in [0.15, 0.2) is 0 Å². The van der Waals surface area contributed by atoms with E-state index in [1.54, 1.807) is 12.4 Å². The minimum absolute atomic E-state index is 0. The van der Waals surface area contributed by atoms with Crippen molar-refractivity contribution in [3.63, 3.8) is 0 Å². The van der Waals surface area contributed by atoms with E-state index < -0.39 is 0 Å². The number of para-hydroxylation sites is 4. The van der Waals surface area contributed by atoms with E-state index in [0.29, 0.717) is 11.6 Å². The number of hydrogen-bond acceptors (Lipinski definition) is 3. The first-order valence-corrected chi connectivity index (χ1v) is 11.6. The molecule has 0 amide bonds. The molecule has 0 aliphatic carbocycles. The van der Waals surface area contributed by atoms with Gasteiger partial charge in [-0.3, -0.25) is 9.55 Å². The summed E-state index contributed by atoms with van der Waals surface area (Å²) in [6, 6.07) is 31.3. The second-order valence-corrected chi connectivity index (χ2v) is 8.85. The molecule has 0 spiro atoms. The van der Waals surface area contributed by atoms with Crippen LogP contribution in [0.4, 0.5) is 0 Å². The van der Waals surface area contributed by atoms with Crippen molar-refractivity contribution in [1.29, 1.82) is 0 Å². The average Bonchev–Trinajstić information content (AvgIpc) is 3.28. The number of phenols is 1. The number of fused-ring (bicyclic) bond motifs is 2. The minimum atomic E-state index is 0. The first-order chi connectivity index (χ1) is 17.1. The van der Waals surface area contributed by atoms with Crippen LogP contribution in [0.25, 0.3) is 44.6 Å². The molecule has 0 fully saturated rings. The molecule has 0 unspecified atom stereocenters. The van der Waals surface area contributed by atoms with Crippen LogP contribution in [0.3, 0.4) is 0 Å². The molecule has 6 aromatic rings. The zero-order valence-electron chi connectivity index (χ0n) is 19.8. The number of nitrogens with zero attached hydrogens (tertiary/aromatic N) is 4. The van der Waals surface area contributed by atoms with Crippen molar-refractivity contribution in [3.8, 4) is 28.4 Å². The summed E-state index contributed by atoms with van der Waals surface area (Å²) >= 11 is 0. The summed E-state index contributed by atoms with van der Waals surface area (Å²) in [5, 5.41) is 11.5. The zero-order chi connectivity index (χ0) is 23.9. The van der Waals surface area contributed by atoms with Crippen molar-refractivity contribution in [2.24, 2.45) is 0 Å². The van der Waals surface area contributed by atoms with Crippen molar-refractivity contribution < 1.29 is 30.7 Å². The van der Waals surface area contributed by atoms with Crippen LogP contribution in [0, 0.1) is 12.4 Å². The fourth-order valence-corrected chi connectivity index (χ4v) is 4.44. The molecule has 1 N–H and O–H groups in total. The Kier molecular flexibility index (Phi) is 6.42. The van der Waals surface area contributed by atoms with Gasteiger partial charge in [0.2, 0.25) is 0 Å². The Labute approximate surface area is 224 Å². The van der Waals surface area contributed by atoms with Crippen LogP contribution in [-0.4, -0.2) is 19.6 Å². The van der Waals surface area contributed by atoms with E-state index in [0.717, 1.165) is 38.9 Å². The molecule has 36 heavy (non-hydrogen) atoms. The second-order valence-electron chi connectivity index (χ2n) is 8.85. The van der Waals surface area contributed by atoms with Gasteiger partial charge in [0.05, 0.1) is 16.6 Å². The predicted molar refractivity (Wildman–Crippen MR) is 137 cm³/mol. The fourth-order valence-electron chi connectivity index (χ4n) is 4.44. The molecular formula is C30H23N4OPt+. The summed E-state index contributed by atoms with van der Waals surface area (Å²) in [4.78, 5) is 9.13. The molecule has 0 atom stereocenters. The summed E-state index contributed by atoms with van der Waals surface area (Å²) in [5.74, 6) is 0.628. The van der Waals surface area contributed by atoms with E-state index in [2.05, 4.69) is 54.4 Å². The largest absolute Gasteiger partial charge is 2.00 e. The molecular weight excluding hydrogens is 627 g/mol. The van der Waals surface area contributed by atoms with Gasteiger partial charge in [-0.1, -0.05) is 62.4 Å².